The number of halogens is 5. The van der Waals surface area contributed by atoms with E-state index in [0.29, 0.717) is 12.8 Å². The molecule has 2 aromatic rings. The van der Waals surface area contributed by atoms with Gasteiger partial charge in [0.1, 0.15) is 11.0 Å². The van der Waals surface area contributed by atoms with Crippen molar-refractivity contribution in [3.05, 3.63) is 45.2 Å². The summed E-state index contributed by atoms with van der Waals surface area (Å²) in [5.41, 5.74) is -0.547. The molecular weight excluding hydrogens is 663 g/mol. The van der Waals surface area contributed by atoms with Gasteiger partial charge in [0, 0.05) is 31.8 Å². The van der Waals surface area contributed by atoms with Gasteiger partial charge >= 0.3 is 11.9 Å². The van der Waals surface area contributed by atoms with Crippen LogP contribution in [0.3, 0.4) is 0 Å². The molecule has 16 heteroatoms. The SMILES string of the molecule is CC[C@H](C)[C@H](NC(=O)C1CCCCN1C)C(=O)N(C)[C@H](C[C@@H](OC(C)=O)c1nc(C(=O)Oc2c(F)c(F)c(F)c(F)c2F)cs1)C(C)C. The maximum Gasteiger partial charge on any atom is 0.363 e. The van der Waals surface area contributed by atoms with Crippen molar-refractivity contribution in [2.45, 2.75) is 91.0 Å². The summed E-state index contributed by atoms with van der Waals surface area (Å²) in [5.74, 6) is -16.7. The van der Waals surface area contributed by atoms with Gasteiger partial charge in [-0.3, -0.25) is 19.3 Å². The zero-order valence-electron chi connectivity index (χ0n) is 27.9. The van der Waals surface area contributed by atoms with E-state index in [1.165, 1.54) is 4.90 Å². The minimum atomic E-state index is -2.41. The van der Waals surface area contributed by atoms with Gasteiger partial charge in [-0.1, -0.05) is 40.5 Å². The highest BCUT2D eigenvalue weighted by Crippen LogP contribution is 2.33. The number of aromatic nitrogens is 1. The molecule has 5 atom stereocenters. The van der Waals surface area contributed by atoms with E-state index in [4.69, 9.17) is 4.74 Å². The number of esters is 2. The summed E-state index contributed by atoms with van der Waals surface area (Å²) in [5, 5.41) is 4.13. The molecule has 1 aliphatic rings. The van der Waals surface area contributed by atoms with Gasteiger partial charge in [0.05, 0.1) is 6.04 Å². The molecule has 1 saturated heterocycles. The molecule has 0 aliphatic carbocycles. The van der Waals surface area contributed by atoms with Crippen LogP contribution in [0.4, 0.5) is 22.0 Å². The van der Waals surface area contributed by atoms with Crippen molar-refractivity contribution in [1.29, 1.82) is 0 Å². The number of nitrogens with one attached hydrogen (secondary N) is 1. The highest BCUT2D eigenvalue weighted by atomic mass is 32.1. The molecule has 1 unspecified atom stereocenters. The summed E-state index contributed by atoms with van der Waals surface area (Å²) in [4.78, 5) is 59.6. The molecule has 1 N–H and O–H groups in total. The van der Waals surface area contributed by atoms with E-state index in [1.54, 1.807) is 7.05 Å². The Morgan fingerprint density at radius 2 is 1.65 bits per heavy atom. The number of piperidine rings is 1. The van der Waals surface area contributed by atoms with E-state index in [-0.39, 0.29) is 41.1 Å². The second-order valence-corrected chi connectivity index (χ2v) is 13.2. The van der Waals surface area contributed by atoms with Crippen LogP contribution in [0.25, 0.3) is 0 Å². The molecule has 0 bridgehead atoms. The zero-order chi connectivity index (χ0) is 36.0. The molecular formula is C32H41F5N4O6S. The van der Waals surface area contributed by atoms with Crippen LogP contribution in [0, 0.1) is 40.9 Å². The lowest BCUT2D eigenvalue weighted by atomic mass is 9.92. The van der Waals surface area contributed by atoms with Crippen LogP contribution < -0.4 is 10.1 Å². The summed E-state index contributed by atoms with van der Waals surface area (Å²) >= 11 is 0.819. The van der Waals surface area contributed by atoms with Crippen LogP contribution in [0.15, 0.2) is 5.38 Å². The minimum absolute atomic E-state index is 0.00562. The summed E-state index contributed by atoms with van der Waals surface area (Å²) in [7, 11) is 3.46. The normalized spacial score (nSPS) is 17.7. The molecule has 2 heterocycles. The first-order valence-corrected chi connectivity index (χ1v) is 16.5. The molecule has 2 amide bonds. The summed E-state index contributed by atoms with van der Waals surface area (Å²) in [6, 6.07) is -1.76. The van der Waals surface area contributed by atoms with E-state index in [0.717, 1.165) is 43.0 Å². The van der Waals surface area contributed by atoms with E-state index in [9.17, 15) is 41.1 Å². The van der Waals surface area contributed by atoms with Crippen molar-refractivity contribution >= 4 is 35.1 Å². The van der Waals surface area contributed by atoms with E-state index in [1.807, 2.05) is 39.6 Å². The first kappa shape index (κ1) is 38.8. The number of carbonyl (C=O) groups is 4. The van der Waals surface area contributed by atoms with Gasteiger partial charge in [0.25, 0.3) is 0 Å². The van der Waals surface area contributed by atoms with Crippen molar-refractivity contribution in [3.63, 3.8) is 0 Å². The maximum absolute atomic E-state index is 14.1. The van der Waals surface area contributed by atoms with E-state index < -0.39 is 70.7 Å². The number of ether oxygens (including phenoxy) is 2. The minimum Gasteiger partial charge on any atom is -0.455 e. The molecule has 0 radical (unpaired) electrons. The molecule has 1 aromatic carbocycles. The van der Waals surface area contributed by atoms with Gasteiger partial charge in [0.15, 0.2) is 11.8 Å². The smallest absolute Gasteiger partial charge is 0.363 e. The summed E-state index contributed by atoms with van der Waals surface area (Å²) in [6.45, 7) is 9.41. The van der Waals surface area contributed by atoms with Crippen molar-refractivity contribution in [2.75, 3.05) is 20.6 Å². The Kier molecular flexibility index (Phi) is 13.4. The highest BCUT2D eigenvalue weighted by Gasteiger charge is 2.37. The van der Waals surface area contributed by atoms with Crippen LogP contribution >= 0.6 is 11.3 Å². The predicted octanol–water partition coefficient (Wildman–Crippen LogP) is 5.55. The Morgan fingerprint density at radius 3 is 2.19 bits per heavy atom. The molecule has 0 spiro atoms. The van der Waals surface area contributed by atoms with Gasteiger partial charge in [0.2, 0.25) is 46.6 Å². The molecule has 10 nitrogen and oxygen atoms in total. The Balaban J connectivity index is 1.85. The van der Waals surface area contributed by atoms with Crippen molar-refractivity contribution in [1.82, 2.24) is 20.1 Å². The van der Waals surface area contributed by atoms with Crippen LogP contribution in [0.5, 0.6) is 5.75 Å². The third-order valence-corrected chi connectivity index (χ3v) is 9.54. The molecule has 3 rings (SSSR count). The number of thiazole rings is 1. The lowest BCUT2D eigenvalue weighted by Gasteiger charge is -2.38. The predicted molar refractivity (Wildman–Crippen MR) is 165 cm³/mol. The number of benzene rings is 1. The molecule has 48 heavy (non-hydrogen) atoms. The standard InChI is InChI=1S/C32H41F5N4O6S/c1-8-16(4)27(39-29(43)19-11-9-10-12-40(19)6)31(44)41(7)20(15(2)3)13-21(46-17(5)42)30-38-18(14-48-30)32(45)47-28-25(36)23(34)22(33)24(35)26(28)37/h14-16,19-21,27H,8-13H2,1-7H3,(H,39,43)/t16-,19?,20+,21+,27-/m0/s1. The highest BCUT2D eigenvalue weighted by molar-refractivity contribution is 7.09. The third-order valence-electron chi connectivity index (χ3n) is 8.60. The Bertz CT molecular complexity index is 1480. The molecule has 1 aromatic heterocycles. The lowest BCUT2D eigenvalue weighted by Crippen LogP contribution is -2.58. The number of hydrogen-bond acceptors (Lipinski definition) is 9. The van der Waals surface area contributed by atoms with Gasteiger partial charge < -0.3 is 19.7 Å². The summed E-state index contributed by atoms with van der Waals surface area (Å²) in [6.07, 6.45) is 2.08. The Labute approximate surface area is 280 Å². The van der Waals surface area contributed by atoms with Gasteiger partial charge in [-0.25, -0.2) is 22.9 Å². The van der Waals surface area contributed by atoms with Crippen LogP contribution in [0.2, 0.25) is 0 Å². The van der Waals surface area contributed by atoms with Crippen LogP contribution in [-0.2, 0) is 19.1 Å². The topological polar surface area (TPSA) is 118 Å². The van der Waals surface area contributed by atoms with Gasteiger partial charge in [-0.2, -0.15) is 8.78 Å². The number of likely N-dealkylation sites (tertiary alicyclic amines) is 1. The van der Waals surface area contributed by atoms with Gasteiger partial charge in [-0.05, 0) is 38.3 Å². The molecule has 266 valence electrons. The van der Waals surface area contributed by atoms with Gasteiger partial charge in [-0.15, -0.1) is 11.3 Å². The largest absolute Gasteiger partial charge is 0.455 e. The number of nitrogens with zero attached hydrogens (tertiary/aromatic N) is 3. The number of amides is 2. The average Bonchev–Trinajstić information content (AvgIpc) is 3.55. The average molecular weight is 705 g/mol. The first-order chi connectivity index (χ1) is 22.5. The summed E-state index contributed by atoms with van der Waals surface area (Å²) < 4.78 is 78.8. The Morgan fingerprint density at radius 1 is 1.04 bits per heavy atom. The molecule has 0 saturated carbocycles. The van der Waals surface area contributed by atoms with Crippen molar-refractivity contribution < 1.29 is 50.6 Å². The van der Waals surface area contributed by atoms with Crippen molar-refractivity contribution in [2.24, 2.45) is 11.8 Å². The zero-order valence-corrected chi connectivity index (χ0v) is 28.7. The number of carbonyl (C=O) groups excluding carboxylic acids is 4. The third kappa shape index (κ3) is 8.87. The number of likely N-dealkylation sites (N-methyl/N-ethyl adjacent to an activating group) is 2. The molecule has 1 aliphatic heterocycles. The van der Waals surface area contributed by atoms with Crippen LogP contribution in [0.1, 0.15) is 88.3 Å². The lowest BCUT2D eigenvalue weighted by molar-refractivity contribution is -0.149. The molecule has 1 fully saturated rings. The van der Waals surface area contributed by atoms with Crippen LogP contribution in [-0.4, -0.2) is 77.3 Å². The Hall–Kier alpha value is -3.66. The maximum atomic E-state index is 14.1. The second kappa shape index (κ2) is 16.6. The van der Waals surface area contributed by atoms with E-state index in [2.05, 4.69) is 15.0 Å². The fraction of sp³-hybridized carbons (Fsp3) is 0.594. The fourth-order valence-corrected chi connectivity index (χ4v) is 6.40. The monoisotopic (exact) mass is 704 g/mol. The first-order valence-electron chi connectivity index (χ1n) is 15.6. The number of hydrogen-bond donors (Lipinski definition) is 1. The second-order valence-electron chi connectivity index (χ2n) is 12.3. The van der Waals surface area contributed by atoms with E-state index >= 15 is 0 Å². The quantitative estimate of drug-likeness (QED) is 0.0949. The number of rotatable bonds is 13. The van der Waals surface area contributed by atoms with Crippen molar-refractivity contribution in [3.8, 4) is 5.75 Å². The fourth-order valence-electron chi connectivity index (χ4n) is 5.57.